The Labute approximate surface area is 183 Å². The van der Waals surface area contributed by atoms with Crippen molar-refractivity contribution < 1.29 is 9.47 Å². The van der Waals surface area contributed by atoms with Gasteiger partial charge in [0.1, 0.15) is 11.6 Å². The lowest BCUT2D eigenvalue weighted by Crippen LogP contribution is -2.17. The van der Waals surface area contributed by atoms with E-state index in [9.17, 15) is 0 Å². The van der Waals surface area contributed by atoms with Crippen LogP contribution in [-0.2, 0) is 9.47 Å². The van der Waals surface area contributed by atoms with Crippen LogP contribution >= 0.6 is 11.9 Å². The molecule has 1 atom stereocenters. The molecule has 1 aromatic rings. The zero-order chi connectivity index (χ0) is 21.6. The van der Waals surface area contributed by atoms with E-state index in [4.69, 9.17) is 9.47 Å². The van der Waals surface area contributed by atoms with Gasteiger partial charge in [-0.15, -0.1) is 0 Å². The third-order valence-corrected chi connectivity index (χ3v) is 4.49. The number of aliphatic imine (C=N–C) groups is 2. The lowest BCUT2D eigenvalue weighted by molar-refractivity contribution is 0.259. The van der Waals surface area contributed by atoms with E-state index in [-0.39, 0.29) is 6.10 Å². The van der Waals surface area contributed by atoms with Crippen molar-refractivity contribution in [1.82, 2.24) is 4.98 Å². The van der Waals surface area contributed by atoms with Crippen LogP contribution in [-0.4, -0.2) is 36.2 Å². The summed E-state index contributed by atoms with van der Waals surface area (Å²) in [5.74, 6) is 3.13. The Bertz CT molecular complexity index is 857. The van der Waals surface area contributed by atoms with E-state index in [0.717, 1.165) is 42.2 Å². The summed E-state index contributed by atoms with van der Waals surface area (Å²) in [7, 11) is 1.68. The molecule has 160 valence electrons. The predicted molar refractivity (Wildman–Crippen MR) is 128 cm³/mol. The minimum Gasteiger partial charge on any atom is -0.497 e. The van der Waals surface area contributed by atoms with Crippen LogP contribution in [0.15, 0.2) is 76.7 Å². The van der Waals surface area contributed by atoms with Crippen molar-refractivity contribution in [2.24, 2.45) is 9.98 Å². The number of hydrogen-bond donors (Lipinski definition) is 1. The minimum absolute atomic E-state index is 0.0184. The first-order valence-corrected chi connectivity index (χ1v) is 11.3. The highest BCUT2D eigenvalue weighted by molar-refractivity contribution is 7.99. The molecule has 0 spiro atoms. The fraction of sp³-hybridized carbons (Fsp3) is 0.348. The second kappa shape index (κ2) is 13.4. The van der Waals surface area contributed by atoms with Gasteiger partial charge in [-0.1, -0.05) is 50.1 Å². The van der Waals surface area contributed by atoms with Crippen molar-refractivity contribution in [3.05, 3.63) is 72.3 Å². The molecule has 30 heavy (non-hydrogen) atoms. The average Bonchev–Trinajstić information content (AvgIpc) is 2.96. The summed E-state index contributed by atoms with van der Waals surface area (Å²) in [5.41, 5.74) is 0.923. The first-order valence-electron chi connectivity index (χ1n) is 10.1. The van der Waals surface area contributed by atoms with Crippen LogP contribution in [0.2, 0.25) is 0 Å². The van der Waals surface area contributed by atoms with Gasteiger partial charge in [0, 0.05) is 24.2 Å². The number of methoxy groups -OCH3 is 1. The van der Waals surface area contributed by atoms with Gasteiger partial charge in [-0.25, -0.2) is 9.98 Å². The molecule has 1 N–H and O–H groups in total. The quantitative estimate of drug-likeness (QED) is 0.627. The summed E-state index contributed by atoms with van der Waals surface area (Å²) in [6, 6.07) is 3.82. The molecule has 3 heterocycles. The first kappa shape index (κ1) is 23.5. The molecule has 2 aliphatic heterocycles. The van der Waals surface area contributed by atoms with E-state index in [1.807, 2.05) is 62.6 Å². The van der Waals surface area contributed by atoms with Crippen LogP contribution in [0.4, 0.5) is 5.82 Å². The average molecular weight is 427 g/mol. The molecular weight excluding hydrogens is 396 g/mol. The van der Waals surface area contributed by atoms with E-state index in [1.165, 1.54) is 11.9 Å². The topological polar surface area (TPSA) is 68.1 Å². The van der Waals surface area contributed by atoms with Gasteiger partial charge in [0.25, 0.3) is 0 Å². The summed E-state index contributed by atoms with van der Waals surface area (Å²) in [6.07, 6.45) is 20.4. The zero-order valence-corrected chi connectivity index (χ0v) is 18.9. The number of ether oxygens (including phenoxy) is 2. The molecule has 0 saturated carbocycles. The Hall–Kier alpha value is -2.80. The van der Waals surface area contributed by atoms with Gasteiger partial charge in [0.05, 0.1) is 7.11 Å². The largest absolute Gasteiger partial charge is 0.497 e. The molecule has 4 rings (SSSR count). The summed E-state index contributed by atoms with van der Waals surface area (Å²) < 4.78 is 14.0. The number of amidine groups is 1. The Kier molecular flexibility index (Phi) is 10.5. The Morgan fingerprint density at radius 3 is 2.90 bits per heavy atom. The molecule has 0 aromatic carbocycles. The lowest BCUT2D eigenvalue weighted by atomic mass is 10.2. The number of rotatable bonds is 4. The molecule has 3 aliphatic rings. The van der Waals surface area contributed by atoms with Crippen molar-refractivity contribution in [2.75, 3.05) is 18.1 Å². The predicted octanol–water partition coefficient (Wildman–Crippen LogP) is 5.68. The number of hydrogen-bond acceptors (Lipinski definition) is 7. The Morgan fingerprint density at radius 1 is 1.23 bits per heavy atom. The van der Waals surface area contributed by atoms with Crippen LogP contribution in [0.1, 0.15) is 38.7 Å². The molecule has 7 heteroatoms. The Morgan fingerprint density at radius 2 is 2.10 bits per heavy atom. The monoisotopic (exact) mass is 426 g/mol. The van der Waals surface area contributed by atoms with E-state index < -0.39 is 0 Å². The highest BCUT2D eigenvalue weighted by Gasteiger charge is 2.28. The molecule has 6 nitrogen and oxygen atoms in total. The van der Waals surface area contributed by atoms with Gasteiger partial charge in [0.15, 0.2) is 11.9 Å². The number of pyridine rings is 1. The molecular formula is C23H30N4O2S. The van der Waals surface area contributed by atoms with Crippen molar-refractivity contribution in [3.8, 4) is 0 Å². The third kappa shape index (κ3) is 7.22. The smallest absolute Gasteiger partial charge is 0.223 e. The van der Waals surface area contributed by atoms with Crippen molar-refractivity contribution in [1.29, 1.82) is 0 Å². The van der Waals surface area contributed by atoms with Gasteiger partial charge in [0.2, 0.25) is 5.90 Å². The Balaban J connectivity index is 0.000000245. The normalized spacial score (nSPS) is 18.5. The molecule has 0 fully saturated rings. The summed E-state index contributed by atoms with van der Waals surface area (Å²) >= 11 is 1.50. The number of aromatic nitrogens is 1. The fourth-order valence-corrected chi connectivity index (χ4v) is 3.03. The van der Waals surface area contributed by atoms with Gasteiger partial charge in [-0.05, 0) is 43.5 Å². The highest BCUT2D eigenvalue weighted by Crippen LogP contribution is 2.21. The van der Waals surface area contributed by atoms with Crippen molar-refractivity contribution in [2.45, 2.75) is 39.2 Å². The lowest BCUT2D eigenvalue weighted by Gasteiger charge is -2.09. The molecule has 0 radical (unpaired) electrons. The van der Waals surface area contributed by atoms with Crippen molar-refractivity contribution >= 4 is 29.5 Å². The molecule has 0 saturated heterocycles. The maximum Gasteiger partial charge on any atom is 0.223 e. The van der Waals surface area contributed by atoms with Gasteiger partial charge in [-0.3, -0.25) is 0 Å². The van der Waals surface area contributed by atoms with Crippen molar-refractivity contribution in [3.63, 3.8) is 0 Å². The number of fused-ring (bicyclic) bond motifs is 1. The minimum atomic E-state index is -0.0184. The SMILES string of the molecule is CC.COC1=CCC=CC=C1.CSNc1cc(C2=NC3=NC=CCCC3O2)ccn1. The number of nitrogens with one attached hydrogen (secondary N) is 1. The second-order valence-corrected chi connectivity index (χ2v) is 6.65. The summed E-state index contributed by atoms with van der Waals surface area (Å²) in [6.45, 7) is 4.00. The first-order chi connectivity index (χ1) is 14.8. The standard InChI is InChI=1S/C13H14N4OS.C8H10O.C2H6/c1-19-17-11-8-9(5-7-14-11)13-16-12-10(18-13)4-2-3-6-15-12;1-9-8-6-4-2-3-5-7-8;1-2/h3,5-8,10H,2,4H2,1H3,(H,14,17);2-4,6-7H,5H2,1H3;1-2H3. The second-order valence-electron chi connectivity index (χ2n) is 6.04. The molecule has 0 amide bonds. The molecule has 0 bridgehead atoms. The van der Waals surface area contributed by atoms with Crippen LogP contribution < -0.4 is 4.72 Å². The van der Waals surface area contributed by atoms with Crippen LogP contribution in [0.5, 0.6) is 0 Å². The van der Waals surface area contributed by atoms with Crippen LogP contribution in [0, 0.1) is 0 Å². The molecule has 1 aliphatic carbocycles. The van der Waals surface area contributed by atoms with Gasteiger partial charge >= 0.3 is 0 Å². The van der Waals surface area contributed by atoms with Crippen LogP contribution in [0.3, 0.4) is 0 Å². The maximum atomic E-state index is 5.88. The van der Waals surface area contributed by atoms with E-state index >= 15 is 0 Å². The fourth-order valence-electron chi connectivity index (χ4n) is 2.71. The summed E-state index contributed by atoms with van der Waals surface area (Å²) in [4.78, 5) is 13.0. The molecule has 1 aromatic heterocycles. The summed E-state index contributed by atoms with van der Waals surface area (Å²) in [5, 5.41) is 0. The third-order valence-electron chi connectivity index (χ3n) is 4.08. The highest BCUT2D eigenvalue weighted by atomic mass is 32.2. The van der Waals surface area contributed by atoms with E-state index in [2.05, 4.69) is 25.8 Å². The van der Waals surface area contributed by atoms with Gasteiger partial charge in [-0.2, -0.15) is 4.99 Å². The number of nitrogens with zero attached hydrogens (tertiary/aromatic N) is 3. The van der Waals surface area contributed by atoms with Crippen LogP contribution in [0.25, 0.3) is 0 Å². The van der Waals surface area contributed by atoms with E-state index in [0.29, 0.717) is 5.90 Å². The maximum absolute atomic E-state index is 5.88. The van der Waals surface area contributed by atoms with Gasteiger partial charge < -0.3 is 14.2 Å². The van der Waals surface area contributed by atoms with E-state index in [1.54, 1.807) is 19.5 Å². The zero-order valence-electron chi connectivity index (χ0n) is 18.0. The molecule has 1 unspecified atom stereocenters. The number of allylic oxidation sites excluding steroid dienone is 6. The number of anilines is 1.